The van der Waals surface area contributed by atoms with Gasteiger partial charge in [-0.1, -0.05) is 60.5 Å². The fourth-order valence-corrected chi connectivity index (χ4v) is 5.31. The highest BCUT2D eigenvalue weighted by molar-refractivity contribution is 5.49. The topological polar surface area (TPSA) is 121 Å². The van der Waals surface area contributed by atoms with Gasteiger partial charge in [-0.25, -0.2) is 4.79 Å². The quantitative estimate of drug-likeness (QED) is 0.204. The summed E-state index contributed by atoms with van der Waals surface area (Å²) in [5, 5.41) is 11.4. The Balaban J connectivity index is 1.57. The summed E-state index contributed by atoms with van der Waals surface area (Å²) in [6.07, 6.45) is 2.45. The highest BCUT2D eigenvalue weighted by atomic mass is 16.6. The molecule has 3 aromatic carbocycles. The SMILES string of the molecule is C#CCOC1C(O)C(COC(c2ccccc2)(c2ccc(OC)cc2)c2ccc(OC)cc2)OC1n1ccc(=O)[nH]c1=O. The second-order valence-corrected chi connectivity index (χ2v) is 9.87. The van der Waals surface area contributed by atoms with Gasteiger partial charge < -0.3 is 28.8 Å². The minimum Gasteiger partial charge on any atom is -0.497 e. The van der Waals surface area contributed by atoms with Gasteiger partial charge in [0.1, 0.15) is 42.0 Å². The average molecular weight is 585 g/mol. The first kappa shape index (κ1) is 29.8. The van der Waals surface area contributed by atoms with Crippen LogP contribution < -0.4 is 20.7 Å². The number of ether oxygens (including phenoxy) is 5. The van der Waals surface area contributed by atoms with Crippen molar-refractivity contribution < 1.29 is 28.8 Å². The molecule has 0 radical (unpaired) electrons. The zero-order valence-electron chi connectivity index (χ0n) is 23.7. The van der Waals surface area contributed by atoms with Crippen molar-refractivity contribution in [3.05, 3.63) is 129 Å². The first-order valence-electron chi connectivity index (χ1n) is 13.6. The lowest BCUT2D eigenvalue weighted by atomic mass is 9.80. The van der Waals surface area contributed by atoms with Crippen molar-refractivity contribution in [1.29, 1.82) is 0 Å². The number of aromatic amines is 1. The van der Waals surface area contributed by atoms with E-state index in [1.165, 1.54) is 12.3 Å². The fraction of sp³-hybridized carbons (Fsp3) is 0.273. The number of aliphatic hydroxyl groups excluding tert-OH is 1. The van der Waals surface area contributed by atoms with Crippen LogP contribution in [0.15, 0.2) is 101 Å². The maximum Gasteiger partial charge on any atom is 0.330 e. The molecule has 1 fully saturated rings. The zero-order valence-corrected chi connectivity index (χ0v) is 23.7. The van der Waals surface area contributed by atoms with Crippen LogP contribution in [0.5, 0.6) is 11.5 Å². The second-order valence-electron chi connectivity index (χ2n) is 9.87. The Hall–Kier alpha value is -4.66. The molecule has 2 heterocycles. The zero-order chi connectivity index (χ0) is 30.4. The third-order valence-corrected chi connectivity index (χ3v) is 7.43. The first-order valence-corrected chi connectivity index (χ1v) is 13.6. The summed E-state index contributed by atoms with van der Waals surface area (Å²) in [6.45, 7) is -0.239. The molecule has 0 saturated carbocycles. The third-order valence-electron chi connectivity index (χ3n) is 7.43. The molecule has 5 rings (SSSR count). The van der Waals surface area contributed by atoms with Gasteiger partial charge in [0.25, 0.3) is 5.56 Å². The number of aromatic nitrogens is 2. The fourth-order valence-electron chi connectivity index (χ4n) is 5.31. The van der Waals surface area contributed by atoms with Crippen LogP contribution in [0.4, 0.5) is 0 Å². The molecule has 4 unspecified atom stereocenters. The maximum absolute atomic E-state index is 12.6. The number of hydrogen-bond donors (Lipinski definition) is 2. The molecule has 10 heteroatoms. The molecule has 222 valence electrons. The van der Waals surface area contributed by atoms with E-state index in [0.717, 1.165) is 21.3 Å². The highest BCUT2D eigenvalue weighted by Gasteiger charge is 2.48. The minimum absolute atomic E-state index is 0.112. The van der Waals surface area contributed by atoms with Gasteiger partial charge in [-0.2, -0.15) is 0 Å². The molecule has 1 aliphatic rings. The van der Waals surface area contributed by atoms with Gasteiger partial charge in [0.2, 0.25) is 0 Å². The van der Waals surface area contributed by atoms with E-state index in [9.17, 15) is 14.7 Å². The van der Waals surface area contributed by atoms with Crippen LogP contribution in [0.1, 0.15) is 22.9 Å². The molecule has 4 aromatic rings. The van der Waals surface area contributed by atoms with Gasteiger partial charge in [-0.05, 0) is 41.0 Å². The number of aliphatic hydroxyl groups is 1. The van der Waals surface area contributed by atoms with Crippen molar-refractivity contribution in [3.63, 3.8) is 0 Å². The Morgan fingerprint density at radius 2 is 1.49 bits per heavy atom. The third kappa shape index (κ3) is 5.98. The molecule has 2 N–H and O–H groups in total. The molecule has 4 atom stereocenters. The Kier molecular flexibility index (Phi) is 9.09. The lowest BCUT2D eigenvalue weighted by Gasteiger charge is -2.37. The number of methoxy groups -OCH3 is 2. The van der Waals surface area contributed by atoms with Gasteiger partial charge in [0.15, 0.2) is 6.23 Å². The number of benzene rings is 3. The molecule has 0 aliphatic carbocycles. The molecule has 1 saturated heterocycles. The van der Waals surface area contributed by atoms with E-state index in [1.807, 2.05) is 78.9 Å². The highest BCUT2D eigenvalue weighted by Crippen LogP contribution is 2.43. The summed E-state index contributed by atoms with van der Waals surface area (Å²) < 4.78 is 30.8. The normalized spacial score (nSPS) is 20.0. The molecule has 0 bridgehead atoms. The molecule has 0 amide bonds. The molecule has 1 aromatic heterocycles. The maximum atomic E-state index is 12.6. The van der Waals surface area contributed by atoms with Gasteiger partial charge in [-0.3, -0.25) is 14.3 Å². The van der Waals surface area contributed by atoms with Gasteiger partial charge >= 0.3 is 5.69 Å². The Morgan fingerprint density at radius 3 is 2.02 bits per heavy atom. The number of H-pyrrole nitrogens is 1. The lowest BCUT2D eigenvalue weighted by molar-refractivity contribution is -0.0973. The van der Waals surface area contributed by atoms with Crippen LogP contribution in [0, 0.1) is 12.3 Å². The number of rotatable bonds is 11. The number of hydrogen-bond acceptors (Lipinski definition) is 8. The Bertz CT molecular complexity index is 1610. The molecular formula is C33H32N2O8. The largest absolute Gasteiger partial charge is 0.497 e. The van der Waals surface area contributed by atoms with Crippen molar-refractivity contribution in [2.24, 2.45) is 0 Å². The van der Waals surface area contributed by atoms with Crippen molar-refractivity contribution in [1.82, 2.24) is 9.55 Å². The average Bonchev–Trinajstić information content (AvgIpc) is 3.35. The number of nitrogens with zero attached hydrogens (tertiary/aromatic N) is 1. The van der Waals surface area contributed by atoms with E-state index < -0.39 is 41.4 Å². The molecule has 0 spiro atoms. The summed E-state index contributed by atoms with van der Waals surface area (Å²) in [4.78, 5) is 26.5. The van der Waals surface area contributed by atoms with E-state index in [-0.39, 0.29) is 13.2 Å². The van der Waals surface area contributed by atoms with Crippen LogP contribution in [0.25, 0.3) is 0 Å². The lowest BCUT2D eigenvalue weighted by Crippen LogP contribution is -2.41. The minimum atomic E-state index is -1.22. The smallest absolute Gasteiger partial charge is 0.330 e. The summed E-state index contributed by atoms with van der Waals surface area (Å²) in [5.74, 6) is 3.74. The number of terminal acetylenes is 1. The van der Waals surface area contributed by atoms with Crippen LogP contribution >= 0.6 is 0 Å². The van der Waals surface area contributed by atoms with Crippen LogP contribution in [-0.4, -0.2) is 60.4 Å². The monoisotopic (exact) mass is 584 g/mol. The molecular weight excluding hydrogens is 552 g/mol. The Morgan fingerprint density at radius 1 is 0.907 bits per heavy atom. The standard InChI is InChI=1S/C33H32N2O8/c1-4-20-41-30-29(37)27(43-31(30)35-19-18-28(36)34-32(35)38)21-42-33(22-8-6-5-7-9-22,23-10-14-25(39-2)15-11-23)24-12-16-26(40-3)17-13-24/h1,5-19,27,29-31,37H,20-21H2,2-3H3,(H,34,36,38). The molecule has 43 heavy (non-hydrogen) atoms. The molecule has 1 aliphatic heterocycles. The number of nitrogens with one attached hydrogen (secondary N) is 1. The van der Waals surface area contributed by atoms with Gasteiger partial charge in [-0.15, -0.1) is 6.42 Å². The van der Waals surface area contributed by atoms with Crippen molar-refractivity contribution in [2.75, 3.05) is 27.4 Å². The summed E-state index contributed by atoms with van der Waals surface area (Å²) >= 11 is 0. The van der Waals surface area contributed by atoms with E-state index >= 15 is 0 Å². The van der Waals surface area contributed by atoms with E-state index in [2.05, 4.69) is 10.9 Å². The molecule has 10 nitrogen and oxygen atoms in total. The van der Waals surface area contributed by atoms with Crippen LogP contribution in [-0.2, 0) is 19.8 Å². The predicted molar refractivity (Wildman–Crippen MR) is 158 cm³/mol. The van der Waals surface area contributed by atoms with Crippen molar-refractivity contribution in [3.8, 4) is 23.8 Å². The predicted octanol–water partition coefficient (Wildman–Crippen LogP) is 2.84. The first-order chi connectivity index (χ1) is 20.9. The van der Waals surface area contributed by atoms with Crippen molar-refractivity contribution >= 4 is 0 Å². The van der Waals surface area contributed by atoms with Crippen molar-refractivity contribution in [2.45, 2.75) is 30.1 Å². The summed E-state index contributed by atoms with van der Waals surface area (Å²) in [5.41, 5.74) is -0.0175. The van der Waals surface area contributed by atoms with Crippen LogP contribution in [0.3, 0.4) is 0 Å². The van der Waals surface area contributed by atoms with E-state index in [0.29, 0.717) is 11.5 Å². The van der Waals surface area contributed by atoms with E-state index in [4.69, 9.17) is 30.1 Å². The summed E-state index contributed by atoms with van der Waals surface area (Å²) in [7, 11) is 3.20. The van der Waals surface area contributed by atoms with Crippen LogP contribution in [0.2, 0.25) is 0 Å². The Labute approximate surface area is 248 Å². The van der Waals surface area contributed by atoms with E-state index in [1.54, 1.807) is 14.2 Å². The van der Waals surface area contributed by atoms with Gasteiger partial charge in [0.05, 0.1) is 20.8 Å². The van der Waals surface area contributed by atoms with Gasteiger partial charge in [0, 0.05) is 12.3 Å². The summed E-state index contributed by atoms with van der Waals surface area (Å²) in [6, 6.07) is 25.9. The second kappa shape index (κ2) is 13.1.